The van der Waals surface area contributed by atoms with Gasteiger partial charge in [-0.2, -0.15) is 0 Å². The van der Waals surface area contributed by atoms with E-state index < -0.39 is 5.54 Å². The van der Waals surface area contributed by atoms with E-state index >= 15 is 0 Å². The predicted molar refractivity (Wildman–Crippen MR) is 123 cm³/mol. The van der Waals surface area contributed by atoms with Crippen LogP contribution in [0.5, 0.6) is 0 Å². The van der Waals surface area contributed by atoms with Crippen molar-refractivity contribution < 1.29 is 9.59 Å². The first-order valence-electron chi connectivity index (χ1n) is 12.1. The molecule has 1 saturated carbocycles. The van der Waals surface area contributed by atoms with Gasteiger partial charge in [-0.15, -0.1) is 0 Å². The number of hydrogen-bond acceptors (Lipinski definition) is 4. The first kappa shape index (κ1) is 22.5. The summed E-state index contributed by atoms with van der Waals surface area (Å²) in [6.07, 6.45) is 1.83. The molecule has 4 fully saturated rings. The molecule has 1 unspecified atom stereocenters. The van der Waals surface area contributed by atoms with E-state index in [2.05, 4.69) is 73.6 Å². The second-order valence-electron chi connectivity index (χ2n) is 11.0. The Morgan fingerprint density at radius 3 is 2.48 bits per heavy atom. The van der Waals surface area contributed by atoms with Crippen LogP contribution in [0, 0.1) is 29.6 Å². The van der Waals surface area contributed by atoms with E-state index in [0.29, 0.717) is 30.2 Å². The molecule has 170 valence electrons. The van der Waals surface area contributed by atoms with Crippen LogP contribution in [0.2, 0.25) is 0 Å². The van der Waals surface area contributed by atoms with Crippen LogP contribution in [0.4, 0.5) is 0 Å². The molecular weight excluding hydrogens is 386 g/mol. The summed E-state index contributed by atoms with van der Waals surface area (Å²) in [7, 11) is 0. The normalized spacial score (nSPS) is 34.5. The van der Waals surface area contributed by atoms with Crippen LogP contribution in [0.1, 0.15) is 53.0 Å². The third-order valence-corrected chi connectivity index (χ3v) is 7.72. The van der Waals surface area contributed by atoms with Crippen LogP contribution >= 0.6 is 0 Å². The Balaban J connectivity index is 1.71. The van der Waals surface area contributed by atoms with E-state index in [1.165, 1.54) is 5.56 Å². The minimum Gasteiger partial charge on any atom is -0.354 e. The average Bonchev–Trinajstić information content (AvgIpc) is 3.02. The van der Waals surface area contributed by atoms with Crippen LogP contribution in [-0.4, -0.2) is 47.3 Å². The fraction of sp³-hybridized carbons (Fsp3) is 0.692. The summed E-state index contributed by atoms with van der Waals surface area (Å²) < 4.78 is 0. The second kappa shape index (κ2) is 8.67. The molecule has 6 atom stereocenters. The lowest BCUT2D eigenvalue weighted by Crippen LogP contribution is -2.78. The lowest BCUT2D eigenvalue weighted by molar-refractivity contribution is -0.147. The zero-order valence-corrected chi connectivity index (χ0v) is 19.7. The van der Waals surface area contributed by atoms with Crippen molar-refractivity contribution in [1.29, 1.82) is 0 Å². The first-order chi connectivity index (χ1) is 14.7. The monoisotopic (exact) mass is 425 g/mol. The maximum Gasteiger partial charge on any atom is 0.240 e. The summed E-state index contributed by atoms with van der Waals surface area (Å²) in [6.45, 7) is 13.0. The molecule has 0 aromatic heterocycles. The largest absolute Gasteiger partial charge is 0.354 e. The highest BCUT2D eigenvalue weighted by molar-refractivity contribution is 5.90. The number of nitrogens with zero attached hydrogens (tertiary/aromatic N) is 1. The number of amides is 1. The van der Waals surface area contributed by atoms with E-state index in [4.69, 9.17) is 0 Å². The van der Waals surface area contributed by atoms with Crippen molar-refractivity contribution in [2.24, 2.45) is 29.6 Å². The van der Waals surface area contributed by atoms with E-state index in [9.17, 15) is 9.59 Å². The third kappa shape index (κ3) is 4.07. The highest BCUT2D eigenvalue weighted by Gasteiger charge is 2.68. The van der Waals surface area contributed by atoms with Gasteiger partial charge in [0.2, 0.25) is 5.91 Å². The number of nitrogens with one attached hydrogen (secondary N) is 2. The second-order valence-corrected chi connectivity index (χ2v) is 11.0. The van der Waals surface area contributed by atoms with E-state index in [-0.39, 0.29) is 29.7 Å². The van der Waals surface area contributed by atoms with E-state index in [0.717, 1.165) is 25.9 Å². The van der Waals surface area contributed by atoms with Gasteiger partial charge in [-0.05, 0) is 43.1 Å². The Kier molecular flexibility index (Phi) is 6.28. The van der Waals surface area contributed by atoms with Crippen molar-refractivity contribution in [2.75, 3.05) is 13.1 Å². The van der Waals surface area contributed by atoms with Crippen LogP contribution in [-0.2, 0) is 16.1 Å². The van der Waals surface area contributed by atoms with Crippen molar-refractivity contribution in [3.8, 4) is 0 Å². The van der Waals surface area contributed by atoms with Gasteiger partial charge < -0.3 is 5.32 Å². The van der Waals surface area contributed by atoms with Gasteiger partial charge >= 0.3 is 0 Å². The summed E-state index contributed by atoms with van der Waals surface area (Å²) in [5.41, 5.74) is 0.658. The standard InChI is InChI=1S/C26H39N3O2/c1-16(2)11-21-24-22-20(15-29(24)14-19-9-7-6-8-10-19)12-26(21,28-23(22)18(5)30)25(31)27-13-17(3)4/h6-10,16-17,20-24,28H,11-15H2,1-5H3,(H,27,31)/t20-,21-,22+,23?,24+,26+/m1/s1. The van der Waals surface area contributed by atoms with Crippen LogP contribution < -0.4 is 10.6 Å². The summed E-state index contributed by atoms with van der Waals surface area (Å²) in [5.74, 6) is 2.07. The van der Waals surface area contributed by atoms with Gasteiger partial charge in [-0.25, -0.2) is 0 Å². The zero-order chi connectivity index (χ0) is 22.3. The van der Waals surface area contributed by atoms with Gasteiger partial charge in [-0.1, -0.05) is 58.0 Å². The molecule has 2 N–H and O–H groups in total. The first-order valence-corrected chi connectivity index (χ1v) is 12.1. The summed E-state index contributed by atoms with van der Waals surface area (Å²) in [4.78, 5) is 29.0. The number of benzene rings is 1. The molecule has 0 radical (unpaired) electrons. The Hall–Kier alpha value is -1.72. The van der Waals surface area contributed by atoms with Crippen molar-refractivity contribution in [3.63, 3.8) is 0 Å². The average molecular weight is 426 g/mol. The Bertz CT molecular complexity index is 808. The topological polar surface area (TPSA) is 61.4 Å². The number of Topliss-reactive ketones (excluding diaryl/α,β-unsaturated/α-hetero) is 1. The molecular formula is C26H39N3O2. The van der Waals surface area contributed by atoms with Crippen LogP contribution in [0.3, 0.4) is 0 Å². The summed E-state index contributed by atoms with van der Waals surface area (Å²) in [6, 6.07) is 10.7. The smallest absolute Gasteiger partial charge is 0.240 e. The molecule has 3 aliphatic heterocycles. The van der Waals surface area contributed by atoms with Gasteiger partial charge in [-0.3, -0.25) is 19.8 Å². The van der Waals surface area contributed by atoms with Gasteiger partial charge in [0, 0.05) is 37.5 Å². The molecule has 3 heterocycles. The van der Waals surface area contributed by atoms with E-state index in [1.54, 1.807) is 6.92 Å². The SMILES string of the molecule is CC(=O)C1N[C@@]2(C(=O)NCC(C)C)C[C@@H]3CN(Cc4ccccc4)[C@H]([C@H]13)[C@H]2CC(C)C. The van der Waals surface area contributed by atoms with Gasteiger partial charge in [0.15, 0.2) is 0 Å². The maximum atomic E-state index is 13.7. The third-order valence-electron chi connectivity index (χ3n) is 7.72. The number of carbonyl (C=O) groups excluding carboxylic acids is 2. The van der Waals surface area contributed by atoms with Crippen molar-refractivity contribution >= 4 is 11.7 Å². The van der Waals surface area contributed by atoms with Crippen LogP contribution in [0.15, 0.2) is 30.3 Å². The fourth-order valence-corrected chi connectivity index (χ4v) is 6.65. The Morgan fingerprint density at radius 1 is 1.16 bits per heavy atom. The Labute approximate surface area is 187 Å². The maximum absolute atomic E-state index is 13.7. The number of ketones is 1. The number of fused-ring (bicyclic) bond motifs is 1. The molecule has 31 heavy (non-hydrogen) atoms. The fourth-order valence-electron chi connectivity index (χ4n) is 6.65. The van der Waals surface area contributed by atoms with E-state index in [1.807, 2.05) is 0 Å². The molecule has 4 aliphatic rings. The molecule has 1 aromatic rings. The zero-order valence-electron chi connectivity index (χ0n) is 19.7. The van der Waals surface area contributed by atoms with Crippen molar-refractivity contribution in [3.05, 3.63) is 35.9 Å². The highest BCUT2D eigenvalue weighted by Crippen LogP contribution is 2.56. The minimum absolute atomic E-state index is 0.104. The number of hydrogen-bond donors (Lipinski definition) is 2. The summed E-state index contributed by atoms with van der Waals surface area (Å²) >= 11 is 0. The number of carbonyl (C=O) groups is 2. The molecule has 0 spiro atoms. The van der Waals surface area contributed by atoms with Gasteiger partial charge in [0.1, 0.15) is 11.3 Å². The van der Waals surface area contributed by atoms with Gasteiger partial charge in [0.25, 0.3) is 0 Å². The lowest BCUT2D eigenvalue weighted by atomic mass is 9.55. The quantitative estimate of drug-likeness (QED) is 0.671. The predicted octanol–water partition coefficient (Wildman–Crippen LogP) is 3.24. The minimum atomic E-state index is -0.648. The molecule has 1 aliphatic carbocycles. The lowest BCUT2D eigenvalue weighted by Gasteiger charge is -2.59. The number of rotatable bonds is 8. The highest BCUT2D eigenvalue weighted by atomic mass is 16.2. The number of likely N-dealkylation sites (tertiary alicyclic amines) is 1. The molecule has 1 amide bonds. The molecule has 5 heteroatoms. The molecule has 3 saturated heterocycles. The summed E-state index contributed by atoms with van der Waals surface area (Å²) in [5, 5.41) is 6.87. The molecule has 5 nitrogen and oxygen atoms in total. The molecule has 5 rings (SSSR count). The number of piperidine rings is 2. The van der Waals surface area contributed by atoms with Gasteiger partial charge in [0.05, 0.1) is 6.04 Å². The molecule has 4 bridgehead atoms. The molecule has 1 aromatic carbocycles. The van der Waals surface area contributed by atoms with Crippen LogP contribution in [0.25, 0.3) is 0 Å². The van der Waals surface area contributed by atoms with Crippen molar-refractivity contribution in [1.82, 2.24) is 15.5 Å². The van der Waals surface area contributed by atoms with Crippen molar-refractivity contribution in [2.45, 2.75) is 71.6 Å². The Morgan fingerprint density at radius 2 is 1.87 bits per heavy atom.